The first-order valence-electron chi connectivity index (χ1n) is 19.7. The van der Waals surface area contributed by atoms with Crippen molar-refractivity contribution in [2.75, 3.05) is 45.4 Å². The Bertz CT molecular complexity index is 1770. The minimum absolute atomic E-state index is 0.0547. The molecule has 5 rings (SSSR count). The molecule has 10 N–H and O–H groups in total. The quantitative estimate of drug-likeness (QED) is 0.0687. The molecule has 21 heteroatoms. The lowest BCUT2D eigenvalue weighted by molar-refractivity contribution is -0.373. The molecule has 2 aromatic rings. The van der Waals surface area contributed by atoms with E-state index in [0.29, 0.717) is 31.1 Å². The fraction of sp³-hybridized carbons (Fsp3) is 0.711. The predicted octanol–water partition coefficient (Wildman–Crippen LogP) is -2.62. The first-order chi connectivity index (χ1) is 28.0. The van der Waals surface area contributed by atoms with Gasteiger partial charge in [0.25, 0.3) is 0 Å². The van der Waals surface area contributed by atoms with Crippen LogP contribution in [-0.4, -0.2) is 188 Å². The Hall–Kier alpha value is -2.68. The van der Waals surface area contributed by atoms with Crippen molar-refractivity contribution in [3.8, 4) is 0 Å². The molecule has 0 radical (unpaired) electrons. The third kappa shape index (κ3) is 11.0. The highest BCUT2D eigenvalue weighted by Crippen LogP contribution is 2.34. The van der Waals surface area contributed by atoms with Gasteiger partial charge in [0.15, 0.2) is 18.9 Å². The summed E-state index contributed by atoms with van der Waals surface area (Å²) in [6.07, 6.45) is -19.6. The third-order valence-electron chi connectivity index (χ3n) is 10.7. The fourth-order valence-electron chi connectivity index (χ4n) is 7.48. The van der Waals surface area contributed by atoms with E-state index in [1.165, 1.54) is 13.8 Å². The molecule has 0 unspecified atom stereocenters. The van der Waals surface area contributed by atoms with E-state index < -0.39 is 121 Å². The van der Waals surface area contributed by atoms with Crippen LogP contribution in [0.2, 0.25) is 0 Å². The van der Waals surface area contributed by atoms with Crippen molar-refractivity contribution in [3.63, 3.8) is 0 Å². The maximum Gasteiger partial charge on any atom is 0.241 e. The van der Waals surface area contributed by atoms with Gasteiger partial charge in [0.2, 0.25) is 15.9 Å². The maximum atomic E-state index is 13.3. The van der Waals surface area contributed by atoms with Crippen molar-refractivity contribution < 1.29 is 82.5 Å². The molecule has 0 bridgehead atoms. The van der Waals surface area contributed by atoms with Crippen LogP contribution >= 0.6 is 0 Å². The number of hydrogen-bond acceptors (Lipinski definition) is 18. The molecule has 1 amide bonds. The van der Waals surface area contributed by atoms with E-state index >= 15 is 0 Å². The molecule has 3 aliphatic rings. The first-order valence-corrected chi connectivity index (χ1v) is 21.1. The number of aliphatic hydroxyl groups excluding tert-OH is 8. The summed E-state index contributed by atoms with van der Waals surface area (Å²) in [4.78, 5) is 14.7. The monoisotopic (exact) mass is 861 g/mol. The van der Waals surface area contributed by atoms with Gasteiger partial charge in [0.05, 0.1) is 24.2 Å². The van der Waals surface area contributed by atoms with Gasteiger partial charge in [-0.2, -0.15) is 0 Å². The second-order valence-electron chi connectivity index (χ2n) is 15.2. The lowest BCUT2D eigenvalue weighted by Crippen LogP contribution is -2.69. The Labute approximate surface area is 342 Å². The molecule has 0 aliphatic carbocycles. The number of ether oxygens (including phenoxy) is 6. The van der Waals surface area contributed by atoms with Gasteiger partial charge in [-0.25, -0.2) is 13.1 Å². The summed E-state index contributed by atoms with van der Waals surface area (Å²) >= 11 is 0. The molecule has 3 heterocycles. The molecule has 2 aromatic carbocycles. The van der Waals surface area contributed by atoms with E-state index in [1.54, 1.807) is 18.2 Å². The van der Waals surface area contributed by atoms with Crippen LogP contribution in [-0.2, 0) is 43.2 Å². The van der Waals surface area contributed by atoms with Crippen molar-refractivity contribution in [3.05, 3.63) is 36.4 Å². The maximum absolute atomic E-state index is 13.3. The average Bonchev–Trinajstić information content (AvgIpc) is 3.20. The van der Waals surface area contributed by atoms with Crippen LogP contribution in [0.5, 0.6) is 0 Å². The largest absolute Gasteiger partial charge is 0.394 e. The number of nitrogens with zero attached hydrogens (tertiary/aromatic N) is 1. The van der Waals surface area contributed by atoms with Crippen LogP contribution in [0, 0.1) is 0 Å². The van der Waals surface area contributed by atoms with Crippen LogP contribution < -0.4 is 14.9 Å². The fourth-order valence-corrected chi connectivity index (χ4v) is 8.77. The highest BCUT2D eigenvalue weighted by Gasteiger charge is 2.54. The highest BCUT2D eigenvalue weighted by atomic mass is 32.2. The Balaban J connectivity index is 1.24. The Morgan fingerprint density at radius 2 is 1.32 bits per heavy atom. The normalized spacial score (nSPS) is 35.4. The van der Waals surface area contributed by atoms with Crippen molar-refractivity contribution in [1.29, 1.82) is 0 Å². The minimum atomic E-state index is -3.82. The highest BCUT2D eigenvalue weighted by molar-refractivity contribution is 7.89. The van der Waals surface area contributed by atoms with Gasteiger partial charge in [-0.3, -0.25) is 4.79 Å². The van der Waals surface area contributed by atoms with Crippen LogP contribution in [0.3, 0.4) is 0 Å². The van der Waals surface area contributed by atoms with Gasteiger partial charge < -0.3 is 79.5 Å². The van der Waals surface area contributed by atoms with Gasteiger partial charge in [0, 0.05) is 50.6 Å². The summed E-state index contributed by atoms with van der Waals surface area (Å²) in [5.41, 5.74) is 0.895. The van der Waals surface area contributed by atoms with E-state index in [0.717, 1.165) is 11.1 Å². The number of amides is 1. The zero-order valence-electron chi connectivity index (χ0n) is 33.4. The summed E-state index contributed by atoms with van der Waals surface area (Å²) in [6.45, 7) is 1.34. The van der Waals surface area contributed by atoms with Crippen molar-refractivity contribution in [1.82, 2.24) is 10.0 Å². The van der Waals surface area contributed by atoms with E-state index in [1.807, 2.05) is 37.2 Å². The van der Waals surface area contributed by atoms with E-state index in [2.05, 4.69) is 10.0 Å². The van der Waals surface area contributed by atoms with Crippen molar-refractivity contribution in [2.24, 2.45) is 0 Å². The van der Waals surface area contributed by atoms with E-state index in [9.17, 15) is 54.1 Å². The standard InChI is InChI=1S/C38H59N3O17S/c1-19-28(45)30(47)32(49)37(54-19)57-34-25(18-43)56-36(27(40-20(2)44)35(34)58-38-33(50)31(48)29(46)24(17-42)55-38)53-16-8-6-5-7-15-39-59(51,52)26-14-10-11-21-22(26)12-9-13-23(21)41(3)4/h9-14,19,24-25,27-39,42-43,45-50H,5-8,15-18H2,1-4H3,(H,40,44)/t19-,24+,25+,27+,28+,29-,30+,31-,32-,33+,34+,35+,36+,37-,38-/m0/s1. The lowest BCUT2D eigenvalue weighted by atomic mass is 9.94. The zero-order chi connectivity index (χ0) is 43.2. The van der Waals surface area contributed by atoms with Crippen molar-refractivity contribution in [2.45, 2.75) is 136 Å². The summed E-state index contributed by atoms with van der Waals surface area (Å²) in [7, 11) is -0.0361. The smallest absolute Gasteiger partial charge is 0.241 e. The Morgan fingerprint density at radius 3 is 1.98 bits per heavy atom. The summed E-state index contributed by atoms with van der Waals surface area (Å²) < 4.78 is 64.8. The van der Waals surface area contributed by atoms with Gasteiger partial charge in [0.1, 0.15) is 67.1 Å². The molecule has 334 valence electrons. The number of rotatable bonds is 18. The number of sulfonamides is 1. The molecular weight excluding hydrogens is 802 g/mol. The number of carbonyl (C=O) groups excluding carboxylic acids is 1. The molecule has 20 nitrogen and oxygen atoms in total. The Kier molecular flexibility index (Phi) is 16.8. The van der Waals surface area contributed by atoms with Crippen LogP contribution in [0.25, 0.3) is 10.8 Å². The van der Waals surface area contributed by atoms with Gasteiger partial charge in [-0.1, -0.05) is 37.1 Å². The molecule has 3 saturated heterocycles. The third-order valence-corrected chi connectivity index (χ3v) is 12.2. The zero-order valence-corrected chi connectivity index (χ0v) is 34.2. The molecule has 0 spiro atoms. The second kappa shape index (κ2) is 20.9. The summed E-state index contributed by atoms with van der Waals surface area (Å²) in [6, 6.07) is 9.38. The number of carbonyl (C=O) groups is 1. The molecule has 0 aromatic heterocycles. The number of aliphatic hydroxyl groups is 8. The molecule has 59 heavy (non-hydrogen) atoms. The number of fused-ring (bicyclic) bond motifs is 1. The molecule has 3 fully saturated rings. The minimum Gasteiger partial charge on any atom is -0.394 e. The van der Waals surface area contributed by atoms with Crippen LogP contribution in [0.15, 0.2) is 41.3 Å². The molecule has 0 saturated carbocycles. The van der Waals surface area contributed by atoms with E-state index in [4.69, 9.17) is 28.4 Å². The first kappa shape index (κ1) is 47.4. The molecule has 15 atom stereocenters. The molecular formula is C38H59N3O17S. The SMILES string of the molecule is CC(=O)N[C@H]1[C@H](OCCCCCCNS(=O)(=O)c2cccc3c(N(C)C)cccc23)O[C@H](CO)[C@@H](O[C@@H]2O[C@@H](C)[C@@H](O)[C@@H](O)[C@@H]2O)[C@@H]1O[C@@H]1O[C@H](CO)[C@H](O)[C@H](O)[C@H]1O. The summed E-state index contributed by atoms with van der Waals surface area (Å²) in [5, 5.41) is 87.4. The number of hydrogen-bond donors (Lipinski definition) is 10. The molecule has 3 aliphatic heterocycles. The van der Waals surface area contributed by atoms with Gasteiger partial charge in [-0.15, -0.1) is 0 Å². The summed E-state index contributed by atoms with van der Waals surface area (Å²) in [5.74, 6) is -0.596. The average molecular weight is 862 g/mol. The number of nitrogens with one attached hydrogen (secondary N) is 2. The topological polar surface area (TPSA) is 296 Å². The second-order valence-corrected chi connectivity index (χ2v) is 17.0. The van der Waals surface area contributed by atoms with Crippen LogP contribution in [0.4, 0.5) is 5.69 Å². The number of benzene rings is 2. The predicted molar refractivity (Wildman–Crippen MR) is 207 cm³/mol. The Morgan fingerprint density at radius 1 is 0.729 bits per heavy atom. The van der Waals surface area contributed by atoms with Crippen molar-refractivity contribution >= 4 is 32.4 Å². The number of anilines is 1. The lowest BCUT2D eigenvalue weighted by Gasteiger charge is -2.50. The van der Waals surface area contributed by atoms with Gasteiger partial charge in [-0.05, 0) is 31.9 Å². The van der Waals surface area contributed by atoms with Crippen LogP contribution in [0.1, 0.15) is 39.5 Å². The van der Waals surface area contributed by atoms with Gasteiger partial charge >= 0.3 is 0 Å². The van der Waals surface area contributed by atoms with E-state index in [-0.39, 0.29) is 18.0 Å². The number of unbranched alkanes of at least 4 members (excludes halogenated alkanes) is 3.